The lowest BCUT2D eigenvalue weighted by Crippen LogP contribution is -2.66. The Hall–Kier alpha value is -3.27. The molecule has 1 aliphatic rings. The van der Waals surface area contributed by atoms with Gasteiger partial charge in [0.2, 0.25) is 0 Å². The van der Waals surface area contributed by atoms with Crippen LogP contribution in [0.25, 0.3) is 0 Å². The maximum atomic E-state index is 11.9. The number of ether oxygens (including phenoxy) is 3. The number of phenols is 1. The highest BCUT2D eigenvalue weighted by molar-refractivity contribution is 9.10. The second-order valence-corrected chi connectivity index (χ2v) is 20.4. The van der Waals surface area contributed by atoms with Crippen molar-refractivity contribution < 1.29 is 23.7 Å². The zero-order chi connectivity index (χ0) is 37.6. The first-order valence-electron chi connectivity index (χ1n) is 18.5. The summed E-state index contributed by atoms with van der Waals surface area (Å²) in [6.07, 6.45) is -0.883. The summed E-state index contributed by atoms with van der Waals surface area (Å²) in [4.78, 5) is 0. The topological polar surface area (TPSA) is 57.2 Å². The Morgan fingerprint density at radius 1 is 0.736 bits per heavy atom. The SMILES string of the molecule is CC[C@H]1OC(c2cc(CO[Si](c3ccccc3)(c3ccccc3)C(C)(C)C)c(Cl)c(Br)c2O)[C@H](OCc2ccccc2)[C@@H](OCc2ccccc2)[C@@H]1C. The molecule has 1 aliphatic heterocycles. The molecule has 6 rings (SSSR count). The molecule has 1 saturated heterocycles. The van der Waals surface area contributed by atoms with Crippen molar-refractivity contribution in [2.45, 2.75) is 90.3 Å². The van der Waals surface area contributed by atoms with Crippen molar-refractivity contribution in [3.63, 3.8) is 0 Å². The quantitative estimate of drug-likeness (QED) is 0.120. The minimum atomic E-state index is -2.90. The minimum Gasteiger partial charge on any atom is -0.506 e. The molecule has 0 saturated carbocycles. The Balaban J connectivity index is 1.41. The lowest BCUT2D eigenvalue weighted by molar-refractivity contribution is -0.235. The molecule has 0 amide bonds. The van der Waals surface area contributed by atoms with Crippen molar-refractivity contribution >= 4 is 46.2 Å². The van der Waals surface area contributed by atoms with Gasteiger partial charge in [-0.3, -0.25) is 0 Å². The molecule has 5 atom stereocenters. The van der Waals surface area contributed by atoms with Crippen LogP contribution in [0.4, 0.5) is 0 Å². The molecule has 5 aromatic rings. The molecule has 53 heavy (non-hydrogen) atoms. The van der Waals surface area contributed by atoms with E-state index in [9.17, 15) is 5.11 Å². The first-order valence-corrected chi connectivity index (χ1v) is 21.5. The molecule has 0 aliphatic carbocycles. The Morgan fingerprint density at radius 3 is 1.68 bits per heavy atom. The van der Waals surface area contributed by atoms with Crippen molar-refractivity contribution in [2.75, 3.05) is 0 Å². The van der Waals surface area contributed by atoms with E-state index in [0.717, 1.165) is 23.1 Å². The monoisotopic (exact) mass is 812 g/mol. The lowest BCUT2D eigenvalue weighted by Gasteiger charge is -2.46. The molecule has 278 valence electrons. The van der Waals surface area contributed by atoms with Gasteiger partial charge in [-0.2, -0.15) is 0 Å². The molecule has 1 fully saturated rings. The molecule has 5 aromatic carbocycles. The predicted octanol–water partition coefficient (Wildman–Crippen LogP) is 10.5. The Bertz CT molecular complexity index is 1870. The molecule has 1 unspecified atom stereocenters. The van der Waals surface area contributed by atoms with E-state index < -0.39 is 20.5 Å². The summed E-state index contributed by atoms with van der Waals surface area (Å²) in [5.74, 6) is 0.0466. The summed E-state index contributed by atoms with van der Waals surface area (Å²) < 4.78 is 28.2. The maximum absolute atomic E-state index is 11.9. The maximum Gasteiger partial charge on any atom is 0.261 e. The minimum absolute atomic E-state index is 0.0220. The van der Waals surface area contributed by atoms with Crippen LogP contribution in [0.15, 0.2) is 132 Å². The molecular formula is C45H50BrClO5Si. The third kappa shape index (κ3) is 8.52. The molecular weight excluding hydrogens is 764 g/mol. The summed E-state index contributed by atoms with van der Waals surface area (Å²) in [5, 5.41) is 14.4. The highest BCUT2D eigenvalue weighted by Gasteiger charge is 2.51. The smallest absolute Gasteiger partial charge is 0.261 e. The number of hydrogen-bond acceptors (Lipinski definition) is 5. The van der Waals surface area contributed by atoms with Crippen molar-refractivity contribution in [2.24, 2.45) is 5.92 Å². The van der Waals surface area contributed by atoms with E-state index in [-0.39, 0.29) is 35.5 Å². The zero-order valence-corrected chi connectivity index (χ0v) is 34.5. The van der Waals surface area contributed by atoms with Crippen molar-refractivity contribution in [1.29, 1.82) is 0 Å². The van der Waals surface area contributed by atoms with Gasteiger partial charge in [0.15, 0.2) is 0 Å². The summed E-state index contributed by atoms with van der Waals surface area (Å²) >= 11 is 10.7. The summed E-state index contributed by atoms with van der Waals surface area (Å²) in [6.45, 7) is 12.1. The van der Waals surface area contributed by atoms with Gasteiger partial charge >= 0.3 is 0 Å². The molecule has 1 heterocycles. The second-order valence-electron chi connectivity index (χ2n) is 14.9. The molecule has 8 heteroatoms. The average molecular weight is 814 g/mol. The van der Waals surface area contributed by atoms with E-state index >= 15 is 0 Å². The number of benzene rings is 5. The molecule has 0 aromatic heterocycles. The highest BCUT2D eigenvalue weighted by Crippen LogP contribution is 2.48. The Morgan fingerprint density at radius 2 is 1.21 bits per heavy atom. The van der Waals surface area contributed by atoms with E-state index in [1.807, 2.05) is 66.7 Å². The molecule has 0 bridgehead atoms. The van der Waals surface area contributed by atoms with E-state index in [0.29, 0.717) is 28.3 Å². The van der Waals surface area contributed by atoms with Gasteiger partial charge in [-0.05, 0) is 60.5 Å². The molecule has 5 nitrogen and oxygen atoms in total. The van der Waals surface area contributed by atoms with Gasteiger partial charge < -0.3 is 23.7 Å². The van der Waals surface area contributed by atoms with E-state index in [1.165, 1.54) is 10.4 Å². The van der Waals surface area contributed by atoms with Gasteiger partial charge in [0, 0.05) is 11.5 Å². The van der Waals surface area contributed by atoms with Gasteiger partial charge in [0.05, 0.1) is 41.5 Å². The predicted molar refractivity (Wildman–Crippen MR) is 220 cm³/mol. The van der Waals surface area contributed by atoms with Gasteiger partial charge in [-0.1, -0.05) is 168 Å². The van der Waals surface area contributed by atoms with Crippen LogP contribution in [-0.4, -0.2) is 31.7 Å². The summed E-state index contributed by atoms with van der Waals surface area (Å²) in [7, 11) is -2.90. The molecule has 0 spiro atoms. The second kappa shape index (κ2) is 17.5. The normalized spacial score (nSPS) is 20.7. The van der Waals surface area contributed by atoms with Gasteiger partial charge in [-0.25, -0.2) is 0 Å². The van der Waals surface area contributed by atoms with Crippen LogP contribution in [0.2, 0.25) is 10.1 Å². The largest absolute Gasteiger partial charge is 0.506 e. The van der Waals surface area contributed by atoms with E-state index in [4.69, 9.17) is 30.2 Å². The highest BCUT2D eigenvalue weighted by atomic mass is 79.9. The number of hydrogen-bond donors (Lipinski definition) is 1. The van der Waals surface area contributed by atoms with Crippen LogP contribution in [0.3, 0.4) is 0 Å². The number of aromatic hydroxyl groups is 1. The molecule has 1 N–H and O–H groups in total. The number of phenolic OH excluding ortho intramolecular Hbond substituents is 1. The van der Waals surface area contributed by atoms with E-state index in [1.54, 1.807) is 0 Å². The van der Waals surface area contributed by atoms with E-state index in [2.05, 4.69) is 111 Å². The lowest BCUT2D eigenvalue weighted by atomic mass is 9.84. The van der Waals surface area contributed by atoms with Crippen molar-refractivity contribution in [3.8, 4) is 5.75 Å². The Kier molecular flexibility index (Phi) is 13.0. The van der Waals surface area contributed by atoms with Crippen LogP contribution >= 0.6 is 27.5 Å². The third-order valence-electron chi connectivity index (χ3n) is 10.5. The first-order chi connectivity index (χ1) is 25.5. The van der Waals surface area contributed by atoms with Crippen molar-refractivity contribution in [1.82, 2.24) is 0 Å². The fourth-order valence-electron chi connectivity index (χ4n) is 7.71. The van der Waals surface area contributed by atoms with Crippen LogP contribution in [0.1, 0.15) is 69.4 Å². The van der Waals surface area contributed by atoms with Crippen molar-refractivity contribution in [3.05, 3.63) is 159 Å². The fourth-order valence-corrected chi connectivity index (χ4v) is 12.9. The standard InChI is InChI=1S/C45H50BrClO5Si/c1-6-38-31(2)42(49-28-32-19-11-7-12-20-32)44(50-29-33-21-13-8-14-22-33)43(52-38)37-27-34(40(47)39(46)41(37)48)30-51-53(45(3,4)5,35-23-15-9-16-24-35)36-25-17-10-18-26-36/h7-27,31,38,42-44,48H,6,28-30H2,1-5H3/t31-,38-,42+,43?,44-/m1/s1. The van der Waals surface area contributed by atoms with Crippen LogP contribution in [-0.2, 0) is 38.5 Å². The summed E-state index contributed by atoms with van der Waals surface area (Å²) in [6, 6.07) is 43.3. The van der Waals surface area contributed by atoms with Gasteiger partial charge in [-0.15, -0.1) is 0 Å². The fraction of sp³-hybridized carbons (Fsp3) is 0.333. The number of halogens is 2. The first kappa shape index (κ1) is 39.4. The van der Waals surface area contributed by atoms with Crippen LogP contribution < -0.4 is 10.4 Å². The third-order valence-corrected chi connectivity index (χ3v) is 16.9. The van der Waals surface area contributed by atoms with Crippen LogP contribution in [0.5, 0.6) is 5.75 Å². The number of rotatable bonds is 13. The van der Waals surface area contributed by atoms with Crippen LogP contribution in [0, 0.1) is 5.92 Å². The average Bonchev–Trinajstić information content (AvgIpc) is 3.18. The molecule has 0 radical (unpaired) electrons. The zero-order valence-electron chi connectivity index (χ0n) is 31.2. The van der Waals surface area contributed by atoms with Gasteiger partial charge in [0.1, 0.15) is 18.0 Å². The Labute approximate surface area is 329 Å². The summed E-state index contributed by atoms with van der Waals surface area (Å²) in [5.41, 5.74) is 3.45. The van der Waals surface area contributed by atoms with Gasteiger partial charge in [0.25, 0.3) is 8.32 Å².